The summed E-state index contributed by atoms with van der Waals surface area (Å²) in [6.07, 6.45) is -21.0. The quantitative estimate of drug-likeness (QED) is 0.181. The van der Waals surface area contributed by atoms with Gasteiger partial charge < -0.3 is 69.6 Å². The lowest BCUT2D eigenvalue weighted by atomic mass is 9.97. The van der Waals surface area contributed by atoms with Gasteiger partial charge in [-0.15, -0.1) is 0 Å². The van der Waals surface area contributed by atoms with Crippen LogP contribution in [0.5, 0.6) is 0 Å². The lowest BCUT2D eigenvalue weighted by molar-refractivity contribution is -0.368. The molecule has 0 spiro atoms. The molecule has 3 rings (SSSR count). The van der Waals surface area contributed by atoms with Gasteiger partial charge in [-0.25, -0.2) is 0 Å². The number of aliphatic hydroxyl groups excluding tert-OH is 9. The van der Waals surface area contributed by atoms with E-state index in [0.717, 1.165) is 0 Å². The summed E-state index contributed by atoms with van der Waals surface area (Å²) in [7, 11) is 0. The first-order chi connectivity index (χ1) is 14.6. The number of rotatable bonds is 6. The van der Waals surface area contributed by atoms with E-state index in [-0.39, 0.29) is 0 Å². The summed E-state index contributed by atoms with van der Waals surface area (Å²) in [5.74, 6) is 0. The van der Waals surface area contributed by atoms with E-state index in [1.54, 1.807) is 0 Å². The van der Waals surface area contributed by atoms with Gasteiger partial charge in [0.25, 0.3) is 0 Å². The Kier molecular flexibility index (Phi) is 8.21. The van der Waals surface area contributed by atoms with E-state index in [1.807, 2.05) is 0 Å². The van der Waals surface area contributed by atoms with Gasteiger partial charge in [0.2, 0.25) is 0 Å². The fourth-order valence-electron chi connectivity index (χ4n) is 3.79. The zero-order valence-electron chi connectivity index (χ0n) is 16.6. The first kappa shape index (κ1) is 25.1. The summed E-state index contributed by atoms with van der Waals surface area (Å²) in [5, 5.41) is 89.3. The highest BCUT2D eigenvalue weighted by molar-refractivity contribution is 4.95. The molecule has 0 amide bonds. The summed E-state index contributed by atoms with van der Waals surface area (Å²) in [6.45, 7) is 0.0636. The summed E-state index contributed by atoms with van der Waals surface area (Å²) < 4.78 is 26.8. The molecule has 3 aliphatic heterocycles. The van der Waals surface area contributed by atoms with E-state index in [9.17, 15) is 46.0 Å². The van der Waals surface area contributed by atoms with Gasteiger partial charge in [-0.05, 0) is 6.92 Å². The lowest BCUT2D eigenvalue weighted by Gasteiger charge is -2.46. The Labute approximate surface area is 176 Å². The van der Waals surface area contributed by atoms with Crippen molar-refractivity contribution in [3.05, 3.63) is 0 Å². The van der Waals surface area contributed by atoms with Gasteiger partial charge in [-0.2, -0.15) is 0 Å². The van der Waals surface area contributed by atoms with Crippen LogP contribution in [0.4, 0.5) is 0 Å². The molecule has 0 radical (unpaired) electrons. The maximum absolute atomic E-state index is 10.4. The van der Waals surface area contributed by atoms with Gasteiger partial charge >= 0.3 is 0 Å². The molecule has 31 heavy (non-hydrogen) atoms. The highest BCUT2D eigenvalue weighted by Gasteiger charge is 2.53. The van der Waals surface area contributed by atoms with Crippen LogP contribution in [0.3, 0.4) is 0 Å². The zero-order chi connectivity index (χ0) is 23.0. The third-order valence-corrected chi connectivity index (χ3v) is 5.70. The second-order valence-corrected chi connectivity index (χ2v) is 7.83. The van der Waals surface area contributed by atoms with E-state index >= 15 is 0 Å². The van der Waals surface area contributed by atoms with Crippen LogP contribution in [0.15, 0.2) is 0 Å². The molecular weight excluding hydrogens is 428 g/mol. The van der Waals surface area contributed by atoms with Gasteiger partial charge in [0.15, 0.2) is 18.9 Å². The lowest BCUT2D eigenvalue weighted by Crippen LogP contribution is -2.65. The maximum atomic E-state index is 10.4. The molecule has 0 aliphatic carbocycles. The largest absolute Gasteiger partial charge is 0.394 e. The highest BCUT2D eigenvalue weighted by atomic mass is 16.8. The van der Waals surface area contributed by atoms with Crippen LogP contribution >= 0.6 is 0 Å². The average Bonchev–Trinajstić information content (AvgIpc) is 3.02. The van der Waals surface area contributed by atoms with Gasteiger partial charge in [0, 0.05) is 0 Å². The van der Waals surface area contributed by atoms with Crippen LogP contribution in [0, 0.1) is 0 Å². The molecule has 3 saturated heterocycles. The minimum absolute atomic E-state index is 0.621. The third kappa shape index (κ3) is 4.87. The second kappa shape index (κ2) is 10.1. The Hall–Kier alpha value is -0.560. The normalized spacial score (nSPS) is 53.6. The fourth-order valence-corrected chi connectivity index (χ4v) is 3.79. The van der Waals surface area contributed by atoms with Crippen LogP contribution in [-0.2, 0) is 23.7 Å². The number of ether oxygens (including phenoxy) is 5. The van der Waals surface area contributed by atoms with Crippen molar-refractivity contribution >= 4 is 0 Å². The van der Waals surface area contributed by atoms with Crippen molar-refractivity contribution in [2.75, 3.05) is 13.2 Å². The van der Waals surface area contributed by atoms with Crippen LogP contribution in [0.25, 0.3) is 0 Å². The molecule has 14 heteroatoms. The van der Waals surface area contributed by atoms with Gasteiger partial charge in [0.05, 0.1) is 19.3 Å². The first-order valence-corrected chi connectivity index (χ1v) is 9.86. The van der Waals surface area contributed by atoms with Crippen molar-refractivity contribution in [2.24, 2.45) is 0 Å². The van der Waals surface area contributed by atoms with Gasteiger partial charge in [-0.1, -0.05) is 0 Å². The topological polar surface area (TPSA) is 228 Å². The van der Waals surface area contributed by atoms with Crippen molar-refractivity contribution in [2.45, 2.75) is 92.9 Å². The molecule has 14 atom stereocenters. The van der Waals surface area contributed by atoms with E-state index in [1.165, 1.54) is 6.92 Å². The summed E-state index contributed by atoms with van der Waals surface area (Å²) in [6, 6.07) is 0. The fraction of sp³-hybridized carbons (Fsp3) is 1.00. The Morgan fingerprint density at radius 1 is 0.581 bits per heavy atom. The average molecular weight is 458 g/mol. The standard InChI is InChI=1S/C17H30O14/c1-4-7(20)9(22)11(24)16(27-4)31-14-12(25)15(26)28-6(3-19)13(14)30-17-10(23)8(21)5(2-18)29-17/h4-26H,2-3H2,1H3/t4-,5-,6+,7-,8-,9+,10+,11+,12+,13+,14+,15+,16-,17-/m0/s1. The Morgan fingerprint density at radius 2 is 1.13 bits per heavy atom. The molecule has 0 aromatic rings. The molecule has 14 nitrogen and oxygen atoms in total. The summed E-state index contributed by atoms with van der Waals surface area (Å²) in [4.78, 5) is 0. The molecule has 0 aromatic carbocycles. The second-order valence-electron chi connectivity index (χ2n) is 7.83. The third-order valence-electron chi connectivity index (χ3n) is 5.70. The van der Waals surface area contributed by atoms with Crippen molar-refractivity contribution < 1.29 is 69.6 Å². The van der Waals surface area contributed by atoms with Gasteiger partial charge in [-0.3, -0.25) is 0 Å². The monoisotopic (exact) mass is 458 g/mol. The Balaban J connectivity index is 1.80. The van der Waals surface area contributed by atoms with Crippen LogP contribution < -0.4 is 0 Å². The molecule has 3 heterocycles. The molecule has 0 bridgehead atoms. The predicted molar refractivity (Wildman–Crippen MR) is 93.8 cm³/mol. The minimum atomic E-state index is -1.83. The van der Waals surface area contributed by atoms with Crippen molar-refractivity contribution in [3.8, 4) is 0 Å². The van der Waals surface area contributed by atoms with Crippen LogP contribution in [-0.4, -0.2) is 145 Å². The van der Waals surface area contributed by atoms with Crippen molar-refractivity contribution in [3.63, 3.8) is 0 Å². The van der Waals surface area contributed by atoms with Crippen LogP contribution in [0.1, 0.15) is 6.92 Å². The molecule has 0 aromatic heterocycles. The molecule has 3 aliphatic rings. The summed E-state index contributed by atoms with van der Waals surface area (Å²) in [5.41, 5.74) is 0. The molecule has 0 saturated carbocycles. The van der Waals surface area contributed by atoms with Crippen molar-refractivity contribution in [1.29, 1.82) is 0 Å². The minimum Gasteiger partial charge on any atom is -0.394 e. The van der Waals surface area contributed by atoms with Crippen molar-refractivity contribution in [1.82, 2.24) is 0 Å². The first-order valence-electron chi connectivity index (χ1n) is 9.86. The smallest absolute Gasteiger partial charge is 0.187 e. The van der Waals surface area contributed by atoms with E-state index < -0.39 is 99.2 Å². The van der Waals surface area contributed by atoms with Crippen LogP contribution in [0.2, 0.25) is 0 Å². The molecule has 182 valence electrons. The predicted octanol–water partition coefficient (Wildman–Crippen LogP) is -5.91. The molecule has 3 fully saturated rings. The highest BCUT2D eigenvalue weighted by Crippen LogP contribution is 2.32. The number of hydrogen-bond acceptors (Lipinski definition) is 14. The Bertz CT molecular complexity index is 581. The van der Waals surface area contributed by atoms with E-state index in [0.29, 0.717) is 0 Å². The maximum Gasteiger partial charge on any atom is 0.187 e. The number of hydrogen-bond donors (Lipinski definition) is 9. The number of aliphatic hydroxyl groups is 9. The molecular formula is C17H30O14. The SMILES string of the molecule is C[C@@H]1O[C@@H](O[C@@H]2[C@@H](O)[C@H](O)O[C@H](CO)[C@H]2O[C@@H]2O[C@@H](CO)[C@H](O)[C@H]2O)[C@H](O)[C@H](O)[C@H]1O. The van der Waals surface area contributed by atoms with Gasteiger partial charge in [0.1, 0.15) is 61.0 Å². The molecule has 0 unspecified atom stereocenters. The van der Waals surface area contributed by atoms with E-state index in [4.69, 9.17) is 23.7 Å². The zero-order valence-corrected chi connectivity index (χ0v) is 16.6. The van der Waals surface area contributed by atoms with E-state index in [2.05, 4.69) is 0 Å². The molecule has 9 N–H and O–H groups in total. The summed E-state index contributed by atoms with van der Waals surface area (Å²) >= 11 is 0. The Morgan fingerprint density at radius 3 is 1.71 bits per heavy atom.